The molecule has 8 heteroatoms. The minimum absolute atomic E-state index is 0.110. The first-order valence-corrected chi connectivity index (χ1v) is 13.1. The number of benzene rings is 3. The van der Waals surface area contributed by atoms with E-state index in [1.54, 1.807) is 7.11 Å². The number of methoxy groups -OCH3 is 1. The lowest BCUT2D eigenvalue weighted by Gasteiger charge is -2.14. The molecule has 4 rings (SSSR count). The van der Waals surface area contributed by atoms with Crippen molar-refractivity contribution in [1.29, 1.82) is 0 Å². The number of aryl methyl sites for hydroxylation is 1. The zero-order valence-electron chi connectivity index (χ0n) is 18.7. The Labute approximate surface area is 222 Å². The number of halogens is 2. The largest absolute Gasteiger partial charge is 0.493 e. The molecule has 5 nitrogen and oxygen atoms in total. The van der Waals surface area contributed by atoms with Crippen molar-refractivity contribution in [3.8, 4) is 11.5 Å². The molecule has 1 amide bonds. The number of hydrogen-bond acceptors (Lipinski definition) is 5. The van der Waals surface area contributed by atoms with Gasteiger partial charge in [0.1, 0.15) is 6.61 Å². The quantitative estimate of drug-likeness (QED) is 0.221. The highest BCUT2D eigenvalue weighted by molar-refractivity contribution is 14.1. The molecular weight excluding hydrogens is 583 g/mol. The van der Waals surface area contributed by atoms with Gasteiger partial charge in [-0.2, -0.15) is 0 Å². The SMILES string of the molecule is CCc1ccc(N[C@@H]2NC(=O)/C(=C/c3cc(I)c(OCc4ccccc4Cl)c(OC)c3)S2)cc1. The van der Waals surface area contributed by atoms with Crippen LogP contribution in [0.2, 0.25) is 5.02 Å². The molecule has 2 N–H and O–H groups in total. The van der Waals surface area contributed by atoms with Crippen molar-refractivity contribution in [2.24, 2.45) is 0 Å². The van der Waals surface area contributed by atoms with E-state index in [9.17, 15) is 4.79 Å². The summed E-state index contributed by atoms with van der Waals surface area (Å²) < 4.78 is 12.5. The Hall–Kier alpha value is -2.36. The molecule has 1 heterocycles. The standard InChI is InChI=1S/C26H24ClIN2O3S/c1-3-16-8-10-19(11-9-16)29-26-30-25(31)23(34-26)14-17-12-21(28)24(22(13-17)32-2)33-15-18-6-4-5-7-20(18)27/h4-14,26,29H,3,15H2,1-2H3,(H,30,31)/b23-14-/t26-/m1/s1. The first-order chi connectivity index (χ1) is 16.5. The van der Waals surface area contributed by atoms with Gasteiger partial charge in [0.25, 0.3) is 5.91 Å². The fourth-order valence-corrected chi connectivity index (χ4v) is 5.39. The third kappa shape index (κ3) is 6.00. The Morgan fingerprint density at radius 1 is 1.18 bits per heavy atom. The smallest absolute Gasteiger partial charge is 0.260 e. The maximum Gasteiger partial charge on any atom is 0.260 e. The molecule has 1 aliphatic heterocycles. The number of rotatable bonds is 8. The van der Waals surface area contributed by atoms with E-state index in [1.165, 1.54) is 17.3 Å². The van der Waals surface area contributed by atoms with Crippen LogP contribution in [0.1, 0.15) is 23.6 Å². The molecule has 0 saturated carbocycles. The predicted molar refractivity (Wildman–Crippen MR) is 148 cm³/mol. The summed E-state index contributed by atoms with van der Waals surface area (Å²) in [7, 11) is 1.60. The second-order valence-electron chi connectivity index (χ2n) is 7.59. The highest BCUT2D eigenvalue weighted by Gasteiger charge is 2.27. The molecule has 1 saturated heterocycles. The van der Waals surface area contributed by atoms with Gasteiger partial charge in [-0.3, -0.25) is 4.79 Å². The minimum atomic E-state index is -0.231. The van der Waals surface area contributed by atoms with Crippen molar-refractivity contribution >= 4 is 63.6 Å². The lowest BCUT2D eigenvalue weighted by molar-refractivity contribution is -0.116. The highest BCUT2D eigenvalue weighted by Crippen LogP contribution is 2.37. The molecule has 3 aromatic rings. The zero-order chi connectivity index (χ0) is 24.1. The molecule has 0 spiro atoms. The minimum Gasteiger partial charge on any atom is -0.493 e. The number of carbonyl (C=O) groups is 1. The average Bonchev–Trinajstić information content (AvgIpc) is 3.17. The van der Waals surface area contributed by atoms with Gasteiger partial charge < -0.3 is 20.1 Å². The van der Waals surface area contributed by atoms with E-state index in [0.717, 1.165) is 26.8 Å². The first-order valence-electron chi connectivity index (χ1n) is 10.7. The van der Waals surface area contributed by atoms with Crippen LogP contribution < -0.4 is 20.1 Å². The van der Waals surface area contributed by atoms with Crippen molar-refractivity contribution in [3.63, 3.8) is 0 Å². The van der Waals surface area contributed by atoms with Crippen molar-refractivity contribution in [2.75, 3.05) is 12.4 Å². The van der Waals surface area contributed by atoms with E-state index in [-0.39, 0.29) is 11.4 Å². The van der Waals surface area contributed by atoms with Gasteiger partial charge in [-0.1, -0.05) is 60.6 Å². The topological polar surface area (TPSA) is 59.6 Å². The summed E-state index contributed by atoms with van der Waals surface area (Å²) in [5.74, 6) is 1.13. The van der Waals surface area contributed by atoms with E-state index >= 15 is 0 Å². The summed E-state index contributed by atoms with van der Waals surface area (Å²) in [5.41, 5.74) is 3.77. The number of ether oxygens (including phenoxy) is 2. The second-order valence-corrected chi connectivity index (χ2v) is 10.3. The number of carbonyl (C=O) groups excluding carboxylic acids is 1. The summed E-state index contributed by atoms with van der Waals surface area (Å²) in [6.45, 7) is 2.46. The Balaban J connectivity index is 1.48. The molecule has 176 valence electrons. The number of amides is 1. The fraction of sp³-hybridized carbons (Fsp3) is 0.192. The molecule has 1 aliphatic rings. The number of nitrogens with one attached hydrogen (secondary N) is 2. The highest BCUT2D eigenvalue weighted by atomic mass is 127. The van der Waals surface area contributed by atoms with Gasteiger partial charge in [0.15, 0.2) is 17.0 Å². The summed E-state index contributed by atoms with van der Waals surface area (Å²) in [4.78, 5) is 13.2. The lowest BCUT2D eigenvalue weighted by atomic mass is 10.1. The lowest BCUT2D eigenvalue weighted by Crippen LogP contribution is -2.30. The monoisotopic (exact) mass is 606 g/mol. The van der Waals surface area contributed by atoms with E-state index < -0.39 is 0 Å². The van der Waals surface area contributed by atoms with E-state index in [1.807, 2.05) is 54.6 Å². The Morgan fingerprint density at radius 2 is 1.94 bits per heavy atom. The molecule has 34 heavy (non-hydrogen) atoms. The van der Waals surface area contributed by atoms with E-state index in [4.69, 9.17) is 21.1 Å². The van der Waals surface area contributed by atoms with Gasteiger partial charge in [0.05, 0.1) is 15.6 Å². The fourth-order valence-electron chi connectivity index (χ4n) is 3.43. The molecule has 1 fully saturated rings. The maximum absolute atomic E-state index is 12.6. The molecule has 0 bridgehead atoms. The van der Waals surface area contributed by atoms with E-state index in [0.29, 0.717) is 28.0 Å². The van der Waals surface area contributed by atoms with Crippen LogP contribution in [-0.4, -0.2) is 18.5 Å². The molecule has 0 unspecified atom stereocenters. The van der Waals surface area contributed by atoms with Crippen molar-refractivity contribution < 1.29 is 14.3 Å². The predicted octanol–water partition coefficient (Wildman–Crippen LogP) is 6.69. The molecule has 1 atom stereocenters. The average molecular weight is 607 g/mol. The van der Waals surface area contributed by atoms with Gasteiger partial charge in [-0.15, -0.1) is 0 Å². The summed E-state index contributed by atoms with van der Waals surface area (Å²) in [6, 6.07) is 19.7. The third-order valence-corrected chi connectivity index (χ3v) is 7.47. The van der Waals surface area contributed by atoms with Crippen LogP contribution in [0.25, 0.3) is 6.08 Å². The third-order valence-electron chi connectivity index (χ3n) is 5.27. The van der Waals surface area contributed by atoms with Gasteiger partial charge in [0.2, 0.25) is 0 Å². The number of anilines is 1. The van der Waals surface area contributed by atoms with Crippen LogP contribution in [0, 0.1) is 3.57 Å². The van der Waals surface area contributed by atoms with Gasteiger partial charge >= 0.3 is 0 Å². The van der Waals surface area contributed by atoms with Crippen LogP contribution in [0.4, 0.5) is 5.69 Å². The van der Waals surface area contributed by atoms with E-state index in [2.05, 4.69) is 52.3 Å². The first kappa shape index (κ1) is 24.8. The maximum atomic E-state index is 12.6. The number of hydrogen-bond donors (Lipinski definition) is 2. The summed E-state index contributed by atoms with van der Waals surface area (Å²) in [5, 5.41) is 6.98. The van der Waals surface area contributed by atoms with Crippen LogP contribution in [0.15, 0.2) is 65.6 Å². The van der Waals surface area contributed by atoms with Gasteiger partial charge in [-0.25, -0.2) is 0 Å². The Morgan fingerprint density at radius 3 is 2.65 bits per heavy atom. The van der Waals surface area contributed by atoms with Gasteiger partial charge in [-0.05, 0) is 76.5 Å². The van der Waals surface area contributed by atoms with Crippen molar-refractivity contribution in [1.82, 2.24) is 5.32 Å². The summed E-state index contributed by atoms with van der Waals surface area (Å²) >= 11 is 9.92. The van der Waals surface area contributed by atoms with Crippen molar-refractivity contribution in [2.45, 2.75) is 25.4 Å². The normalized spacial score (nSPS) is 16.4. The van der Waals surface area contributed by atoms with Gasteiger partial charge in [0, 0.05) is 16.3 Å². The Bertz CT molecular complexity index is 1220. The molecule has 3 aromatic carbocycles. The molecule has 0 radical (unpaired) electrons. The van der Waals surface area contributed by atoms with Crippen LogP contribution in [0.5, 0.6) is 11.5 Å². The van der Waals surface area contributed by atoms with Crippen LogP contribution in [-0.2, 0) is 17.8 Å². The molecule has 0 aromatic heterocycles. The Kier molecular flexibility index (Phi) is 8.28. The summed E-state index contributed by atoms with van der Waals surface area (Å²) in [6.07, 6.45) is 2.86. The second kappa shape index (κ2) is 11.4. The molecule has 0 aliphatic carbocycles. The zero-order valence-corrected chi connectivity index (χ0v) is 22.5. The van der Waals surface area contributed by atoms with Crippen LogP contribution in [0.3, 0.4) is 0 Å². The van der Waals surface area contributed by atoms with Crippen molar-refractivity contribution in [3.05, 3.63) is 90.9 Å². The van der Waals surface area contributed by atoms with Crippen LogP contribution >= 0.6 is 46.0 Å². The number of thioether (sulfide) groups is 1. The molecular formula is C26H24ClIN2O3S.